The average molecular weight is 290 g/mol. The van der Waals surface area contributed by atoms with Crippen LogP contribution in [0.2, 0.25) is 0 Å². The largest absolute Gasteiger partial charge is 0.359 e. The third kappa shape index (κ3) is 4.02. The van der Waals surface area contributed by atoms with Gasteiger partial charge in [-0.1, -0.05) is 55.9 Å². The minimum atomic E-state index is 0.280. The molecule has 110 valence electrons. The lowest BCUT2D eigenvalue weighted by Crippen LogP contribution is -2.42. The Morgan fingerprint density at radius 2 is 1.95 bits per heavy atom. The fourth-order valence-electron chi connectivity index (χ4n) is 2.49. The number of thioether (sulfide) groups is 1. The zero-order valence-corrected chi connectivity index (χ0v) is 13.7. The third-order valence-electron chi connectivity index (χ3n) is 4.24. The van der Waals surface area contributed by atoms with Gasteiger partial charge in [0.15, 0.2) is 5.17 Å². The fourth-order valence-corrected chi connectivity index (χ4v) is 3.93. The van der Waals surface area contributed by atoms with E-state index in [0.717, 1.165) is 23.8 Å². The fraction of sp³-hybridized carbons (Fsp3) is 0.588. The maximum absolute atomic E-state index is 4.85. The second kappa shape index (κ2) is 7.16. The van der Waals surface area contributed by atoms with Crippen molar-refractivity contribution in [3.63, 3.8) is 0 Å². The Morgan fingerprint density at radius 1 is 1.25 bits per heavy atom. The van der Waals surface area contributed by atoms with Gasteiger partial charge >= 0.3 is 0 Å². The number of benzene rings is 1. The van der Waals surface area contributed by atoms with Crippen molar-refractivity contribution in [1.82, 2.24) is 5.32 Å². The van der Waals surface area contributed by atoms with Gasteiger partial charge in [0.1, 0.15) is 0 Å². The summed E-state index contributed by atoms with van der Waals surface area (Å²) in [4.78, 5) is 4.85. The van der Waals surface area contributed by atoms with Crippen LogP contribution in [-0.2, 0) is 6.42 Å². The number of hydrogen-bond acceptors (Lipinski definition) is 2. The molecule has 0 aliphatic carbocycles. The normalized spacial score (nSPS) is 20.9. The first-order valence-corrected chi connectivity index (χ1v) is 8.68. The number of aliphatic imine (C=N–C) groups is 1. The predicted octanol–water partition coefficient (Wildman–Crippen LogP) is 4.26. The third-order valence-corrected chi connectivity index (χ3v) is 5.42. The second-order valence-corrected chi connectivity index (χ2v) is 6.67. The van der Waals surface area contributed by atoms with E-state index in [1.165, 1.54) is 18.4 Å². The maximum atomic E-state index is 4.85. The summed E-state index contributed by atoms with van der Waals surface area (Å²) in [7, 11) is 0. The molecule has 1 unspecified atom stereocenters. The smallest absolute Gasteiger partial charge is 0.157 e. The van der Waals surface area contributed by atoms with Crippen molar-refractivity contribution in [3.05, 3.63) is 35.9 Å². The van der Waals surface area contributed by atoms with Crippen LogP contribution in [0.25, 0.3) is 0 Å². The molecule has 1 aliphatic heterocycles. The first-order valence-electron chi connectivity index (χ1n) is 7.70. The molecule has 2 nitrogen and oxygen atoms in total. The van der Waals surface area contributed by atoms with Crippen LogP contribution in [0.4, 0.5) is 0 Å². The highest BCUT2D eigenvalue weighted by atomic mass is 32.2. The number of rotatable bonds is 6. The zero-order chi connectivity index (χ0) is 14.4. The van der Waals surface area contributed by atoms with Gasteiger partial charge in [-0.05, 0) is 38.2 Å². The van der Waals surface area contributed by atoms with Crippen LogP contribution < -0.4 is 5.32 Å². The van der Waals surface area contributed by atoms with Crippen molar-refractivity contribution in [3.8, 4) is 0 Å². The van der Waals surface area contributed by atoms with Crippen LogP contribution in [-0.4, -0.2) is 22.5 Å². The van der Waals surface area contributed by atoms with Gasteiger partial charge in [0.2, 0.25) is 0 Å². The van der Waals surface area contributed by atoms with E-state index in [1.54, 1.807) is 0 Å². The molecule has 0 aromatic heterocycles. The molecule has 0 bridgehead atoms. The molecule has 1 heterocycles. The van der Waals surface area contributed by atoms with E-state index in [-0.39, 0.29) is 5.54 Å². The van der Waals surface area contributed by atoms with E-state index in [4.69, 9.17) is 4.99 Å². The number of amidine groups is 1. The lowest BCUT2D eigenvalue weighted by atomic mass is 9.96. The highest BCUT2D eigenvalue weighted by molar-refractivity contribution is 8.14. The molecule has 1 aromatic rings. The monoisotopic (exact) mass is 290 g/mol. The van der Waals surface area contributed by atoms with Gasteiger partial charge < -0.3 is 5.32 Å². The SMILES string of the molecule is CCC1(CC)CSC(=NC(C)CCc2ccccc2)N1. The molecule has 1 atom stereocenters. The average Bonchev–Trinajstić information content (AvgIpc) is 2.90. The lowest BCUT2D eigenvalue weighted by Gasteiger charge is -2.25. The summed E-state index contributed by atoms with van der Waals surface area (Å²) in [6.07, 6.45) is 4.57. The molecule has 0 saturated carbocycles. The summed E-state index contributed by atoms with van der Waals surface area (Å²) in [6.45, 7) is 6.74. The molecule has 0 spiro atoms. The van der Waals surface area contributed by atoms with E-state index in [2.05, 4.69) is 56.4 Å². The number of aryl methyl sites for hydroxylation is 1. The molecular formula is C17H26N2S. The van der Waals surface area contributed by atoms with E-state index >= 15 is 0 Å². The van der Waals surface area contributed by atoms with Gasteiger partial charge in [0.05, 0.1) is 6.04 Å². The van der Waals surface area contributed by atoms with Gasteiger partial charge in [-0.3, -0.25) is 4.99 Å². The quantitative estimate of drug-likeness (QED) is 0.846. The van der Waals surface area contributed by atoms with Crippen LogP contribution in [0.15, 0.2) is 35.3 Å². The topological polar surface area (TPSA) is 24.4 Å². The minimum Gasteiger partial charge on any atom is -0.359 e. The summed E-state index contributed by atoms with van der Waals surface area (Å²) >= 11 is 1.89. The lowest BCUT2D eigenvalue weighted by molar-refractivity contribution is 0.407. The molecule has 0 amide bonds. The van der Waals surface area contributed by atoms with Crippen LogP contribution in [0.3, 0.4) is 0 Å². The summed E-state index contributed by atoms with van der Waals surface area (Å²) in [5.74, 6) is 1.16. The Labute approximate surface area is 127 Å². The first-order chi connectivity index (χ1) is 9.67. The van der Waals surface area contributed by atoms with Gasteiger partial charge in [-0.2, -0.15) is 0 Å². The van der Waals surface area contributed by atoms with Crippen molar-refractivity contribution in [2.75, 3.05) is 5.75 Å². The Kier molecular flexibility index (Phi) is 5.53. The number of hydrogen-bond donors (Lipinski definition) is 1. The summed E-state index contributed by atoms with van der Waals surface area (Å²) in [5.41, 5.74) is 1.69. The van der Waals surface area contributed by atoms with Crippen molar-refractivity contribution in [2.45, 2.75) is 58.0 Å². The summed E-state index contributed by atoms with van der Waals surface area (Å²) in [5, 5.41) is 4.79. The van der Waals surface area contributed by atoms with Crippen LogP contribution in [0.5, 0.6) is 0 Å². The van der Waals surface area contributed by atoms with Gasteiger partial charge in [-0.25, -0.2) is 0 Å². The first kappa shape index (κ1) is 15.4. The van der Waals surface area contributed by atoms with Crippen LogP contribution in [0, 0.1) is 0 Å². The molecule has 20 heavy (non-hydrogen) atoms. The predicted molar refractivity (Wildman–Crippen MR) is 90.6 cm³/mol. The van der Waals surface area contributed by atoms with Gasteiger partial charge in [-0.15, -0.1) is 0 Å². The Bertz CT molecular complexity index is 438. The van der Waals surface area contributed by atoms with Crippen LogP contribution in [0.1, 0.15) is 45.6 Å². The van der Waals surface area contributed by atoms with Crippen molar-refractivity contribution < 1.29 is 0 Å². The van der Waals surface area contributed by atoms with E-state index in [1.807, 2.05) is 11.8 Å². The van der Waals surface area contributed by atoms with Crippen molar-refractivity contribution in [1.29, 1.82) is 0 Å². The van der Waals surface area contributed by atoms with Crippen LogP contribution >= 0.6 is 11.8 Å². The zero-order valence-electron chi connectivity index (χ0n) is 12.9. The summed E-state index contributed by atoms with van der Waals surface area (Å²) < 4.78 is 0. The molecule has 1 fully saturated rings. The summed E-state index contributed by atoms with van der Waals surface area (Å²) in [6, 6.07) is 11.1. The Hall–Kier alpha value is -0.960. The molecule has 1 aliphatic rings. The molecule has 1 N–H and O–H groups in total. The van der Waals surface area contributed by atoms with Gasteiger partial charge in [0, 0.05) is 11.3 Å². The van der Waals surface area contributed by atoms with E-state index in [0.29, 0.717) is 6.04 Å². The van der Waals surface area contributed by atoms with E-state index < -0.39 is 0 Å². The number of nitrogens with one attached hydrogen (secondary N) is 1. The molecule has 1 aromatic carbocycles. The highest BCUT2D eigenvalue weighted by Gasteiger charge is 2.33. The van der Waals surface area contributed by atoms with Crippen molar-refractivity contribution >= 4 is 16.9 Å². The Balaban J connectivity index is 1.85. The molecule has 3 heteroatoms. The second-order valence-electron chi connectivity index (χ2n) is 5.71. The standard InChI is InChI=1S/C17H26N2S/c1-4-17(5-2)13-20-16(19-17)18-14(3)11-12-15-9-7-6-8-10-15/h6-10,14H,4-5,11-13H2,1-3H3,(H,18,19). The van der Waals surface area contributed by atoms with E-state index in [9.17, 15) is 0 Å². The molecule has 1 saturated heterocycles. The minimum absolute atomic E-state index is 0.280. The Morgan fingerprint density at radius 3 is 2.55 bits per heavy atom. The maximum Gasteiger partial charge on any atom is 0.157 e. The number of nitrogens with zero attached hydrogens (tertiary/aromatic N) is 1. The van der Waals surface area contributed by atoms with Crippen molar-refractivity contribution in [2.24, 2.45) is 4.99 Å². The van der Waals surface area contributed by atoms with Gasteiger partial charge in [0.25, 0.3) is 0 Å². The molecule has 0 radical (unpaired) electrons. The highest BCUT2D eigenvalue weighted by Crippen LogP contribution is 2.29. The molecular weight excluding hydrogens is 264 g/mol. The molecule has 2 rings (SSSR count).